The minimum atomic E-state index is -0.854. The largest absolute Gasteiger partial charge is 0.508 e. The third kappa shape index (κ3) is 14.2. The van der Waals surface area contributed by atoms with Gasteiger partial charge in [-0.3, -0.25) is 4.79 Å². The average molecular weight is 477 g/mol. The first kappa shape index (κ1) is 29.9. The number of rotatable bonds is 19. The maximum absolute atomic E-state index is 10.6. The minimum absolute atomic E-state index is 0.193. The Morgan fingerprint density at radius 2 is 1.71 bits per heavy atom. The molecule has 0 saturated heterocycles. The molecule has 0 heterocycles. The van der Waals surface area contributed by atoms with Gasteiger partial charge in [-0.1, -0.05) is 75.3 Å². The van der Waals surface area contributed by atoms with Crippen LogP contribution in [0.3, 0.4) is 0 Å². The fourth-order valence-corrected chi connectivity index (χ4v) is 4.00. The third-order valence-electron chi connectivity index (χ3n) is 5.94. The summed E-state index contributed by atoms with van der Waals surface area (Å²) in [5.74, 6) is -0.567. The van der Waals surface area contributed by atoms with Gasteiger partial charge in [0.15, 0.2) is 0 Å². The number of allylic oxidation sites excluding steroid dienone is 2. The Morgan fingerprint density at radius 3 is 2.35 bits per heavy atom. The summed E-state index contributed by atoms with van der Waals surface area (Å²) in [7, 11) is 0. The highest BCUT2D eigenvalue weighted by molar-refractivity contribution is 5.66. The van der Waals surface area contributed by atoms with Crippen molar-refractivity contribution in [1.29, 1.82) is 0 Å². The predicted octanol–water partition coefficient (Wildman–Crippen LogP) is 5.29. The molecule has 6 heteroatoms. The van der Waals surface area contributed by atoms with Crippen LogP contribution in [0.4, 0.5) is 0 Å². The van der Waals surface area contributed by atoms with Crippen LogP contribution in [0, 0.1) is 0 Å². The molecule has 6 nitrogen and oxygen atoms in total. The monoisotopic (exact) mass is 476 g/mol. The van der Waals surface area contributed by atoms with Crippen molar-refractivity contribution in [3.63, 3.8) is 0 Å². The zero-order valence-corrected chi connectivity index (χ0v) is 20.7. The van der Waals surface area contributed by atoms with E-state index in [1.807, 2.05) is 18.2 Å². The van der Waals surface area contributed by atoms with Gasteiger partial charge in [0.2, 0.25) is 0 Å². The maximum atomic E-state index is 10.6. The van der Waals surface area contributed by atoms with E-state index < -0.39 is 18.2 Å². The lowest BCUT2D eigenvalue weighted by Gasteiger charge is -2.17. The highest BCUT2D eigenvalue weighted by Crippen LogP contribution is 2.25. The van der Waals surface area contributed by atoms with Gasteiger partial charge in [0.1, 0.15) is 5.75 Å². The fraction of sp³-hybridized carbons (Fsp3) is 0.607. The molecule has 0 spiro atoms. The van der Waals surface area contributed by atoms with E-state index in [-0.39, 0.29) is 18.8 Å². The lowest BCUT2D eigenvalue weighted by Crippen LogP contribution is -2.14. The molecule has 0 aliphatic rings. The molecule has 0 aliphatic carbocycles. The number of hydrogen-bond donors (Lipinski definition) is 5. The summed E-state index contributed by atoms with van der Waals surface area (Å²) >= 11 is 0. The molecule has 1 aromatic rings. The summed E-state index contributed by atoms with van der Waals surface area (Å²) < 4.78 is 0. The van der Waals surface area contributed by atoms with E-state index in [9.17, 15) is 25.2 Å². The molecule has 0 saturated carbocycles. The molecule has 1 rings (SSSR count). The smallest absolute Gasteiger partial charge is 0.303 e. The molecule has 0 aliphatic heterocycles. The normalized spacial score (nSPS) is 14.2. The number of hydrogen-bond acceptors (Lipinski definition) is 5. The minimum Gasteiger partial charge on any atom is -0.508 e. The van der Waals surface area contributed by atoms with Crippen LogP contribution >= 0.6 is 0 Å². The number of aliphatic carboxylic acids is 1. The van der Waals surface area contributed by atoms with Gasteiger partial charge in [0.05, 0.1) is 18.8 Å². The molecule has 0 radical (unpaired) electrons. The number of carboxylic acids is 1. The first-order valence-corrected chi connectivity index (χ1v) is 12.7. The number of phenolic OH excluding ortho intramolecular Hbond substituents is 1. The molecule has 0 fully saturated rings. The second kappa shape index (κ2) is 18.2. The summed E-state index contributed by atoms with van der Waals surface area (Å²) in [6.45, 7) is 1.81. The fourth-order valence-electron chi connectivity index (χ4n) is 4.00. The summed E-state index contributed by atoms with van der Waals surface area (Å²) in [5.41, 5.74) is 2.95. The molecule has 34 heavy (non-hydrogen) atoms. The van der Waals surface area contributed by atoms with Gasteiger partial charge in [0, 0.05) is 6.42 Å². The van der Waals surface area contributed by atoms with Crippen LogP contribution in [-0.2, 0) is 11.2 Å². The van der Waals surface area contributed by atoms with Crippen molar-refractivity contribution in [3.05, 3.63) is 53.1 Å². The number of benzene rings is 1. The highest BCUT2D eigenvalue weighted by atomic mass is 16.4. The van der Waals surface area contributed by atoms with Crippen molar-refractivity contribution in [1.82, 2.24) is 0 Å². The maximum Gasteiger partial charge on any atom is 0.303 e. The lowest BCUT2D eigenvalue weighted by atomic mass is 9.91. The first-order chi connectivity index (χ1) is 16.3. The number of carbonyl (C=O) groups is 1. The van der Waals surface area contributed by atoms with Crippen LogP contribution in [0.25, 0.3) is 0 Å². The lowest BCUT2D eigenvalue weighted by molar-refractivity contribution is -0.137. The molecule has 0 unspecified atom stereocenters. The third-order valence-corrected chi connectivity index (χ3v) is 5.94. The van der Waals surface area contributed by atoms with Crippen LogP contribution in [0.5, 0.6) is 5.75 Å². The van der Waals surface area contributed by atoms with Crippen LogP contribution in [0.15, 0.2) is 47.6 Å². The molecule has 5 N–H and O–H groups in total. The average Bonchev–Trinajstić information content (AvgIpc) is 2.80. The van der Waals surface area contributed by atoms with Crippen LogP contribution < -0.4 is 0 Å². The zero-order valence-electron chi connectivity index (χ0n) is 20.7. The number of unbranched alkanes of at least 4 members (excludes halogenated alkanes) is 6. The van der Waals surface area contributed by atoms with Crippen molar-refractivity contribution >= 4 is 5.97 Å². The van der Waals surface area contributed by atoms with Crippen LogP contribution in [0.2, 0.25) is 0 Å². The summed E-state index contributed by atoms with van der Waals surface area (Å²) in [4.78, 5) is 10.6. The number of aliphatic hydroxyl groups excluding tert-OH is 3. The number of phenols is 1. The number of aliphatic hydroxyl groups is 3. The van der Waals surface area contributed by atoms with Crippen molar-refractivity contribution in [2.45, 2.75) is 103 Å². The van der Waals surface area contributed by atoms with E-state index in [0.717, 1.165) is 68.1 Å². The second-order valence-corrected chi connectivity index (χ2v) is 9.10. The van der Waals surface area contributed by atoms with Gasteiger partial charge >= 0.3 is 5.97 Å². The molecule has 2 atom stereocenters. The van der Waals surface area contributed by atoms with E-state index in [4.69, 9.17) is 5.11 Å². The van der Waals surface area contributed by atoms with E-state index in [1.165, 1.54) is 0 Å². The van der Waals surface area contributed by atoms with Gasteiger partial charge < -0.3 is 25.5 Å². The van der Waals surface area contributed by atoms with Gasteiger partial charge in [0.25, 0.3) is 0 Å². The van der Waals surface area contributed by atoms with Crippen LogP contribution in [0.1, 0.15) is 89.5 Å². The molecule has 192 valence electrons. The Kier molecular flexibility index (Phi) is 16.0. The SMILES string of the molecule is CCCCC[C@H](O)C=CC(Cc1cccc(O)c1)=C(CCCCCCCC(=O)O)C[C@H](O)CO. The first-order valence-electron chi connectivity index (χ1n) is 12.7. The van der Waals surface area contributed by atoms with Crippen molar-refractivity contribution in [2.24, 2.45) is 0 Å². The Labute approximate surface area is 204 Å². The molecule has 0 aromatic heterocycles. The Balaban J connectivity index is 2.98. The zero-order chi connectivity index (χ0) is 25.2. The van der Waals surface area contributed by atoms with Gasteiger partial charge in [-0.2, -0.15) is 0 Å². The predicted molar refractivity (Wildman–Crippen MR) is 136 cm³/mol. The van der Waals surface area contributed by atoms with E-state index >= 15 is 0 Å². The highest BCUT2D eigenvalue weighted by Gasteiger charge is 2.13. The Bertz CT molecular complexity index is 755. The molecular weight excluding hydrogens is 432 g/mol. The van der Waals surface area contributed by atoms with Crippen molar-refractivity contribution in [3.8, 4) is 5.75 Å². The molecular formula is C28H44O6. The Hall–Kier alpha value is -2.15. The molecule has 0 bridgehead atoms. The van der Waals surface area contributed by atoms with Crippen LogP contribution in [-0.4, -0.2) is 50.3 Å². The summed E-state index contributed by atoms with van der Waals surface area (Å²) in [5, 5.41) is 48.6. The Morgan fingerprint density at radius 1 is 1.00 bits per heavy atom. The van der Waals surface area contributed by atoms with Crippen molar-refractivity contribution < 1.29 is 30.3 Å². The quantitative estimate of drug-likeness (QED) is 0.137. The summed E-state index contributed by atoms with van der Waals surface area (Å²) in [6.07, 6.45) is 12.4. The van der Waals surface area contributed by atoms with Gasteiger partial charge in [-0.05, 0) is 61.8 Å². The number of aromatic hydroxyl groups is 1. The van der Waals surface area contributed by atoms with E-state index in [1.54, 1.807) is 18.2 Å². The van der Waals surface area contributed by atoms with E-state index in [2.05, 4.69) is 6.92 Å². The van der Waals surface area contributed by atoms with Gasteiger partial charge in [-0.15, -0.1) is 0 Å². The molecule has 1 aromatic carbocycles. The topological polar surface area (TPSA) is 118 Å². The van der Waals surface area contributed by atoms with Gasteiger partial charge in [-0.25, -0.2) is 0 Å². The van der Waals surface area contributed by atoms with E-state index in [0.29, 0.717) is 25.7 Å². The summed E-state index contributed by atoms with van der Waals surface area (Å²) in [6, 6.07) is 7.08. The van der Waals surface area contributed by atoms with Crippen molar-refractivity contribution in [2.75, 3.05) is 6.61 Å². The molecule has 0 amide bonds. The standard InChI is InChI=1S/C28H44O6/c1-2-3-7-13-25(30)17-16-24(18-22-11-10-14-26(31)19-22)23(20-27(32)21-29)12-8-5-4-6-9-15-28(33)34/h10-11,14,16-17,19,25,27,29-32H,2-9,12-13,15,18,20-21H2,1H3,(H,33,34)/t25-,27-/m0/s1. The number of carboxylic acid groups (broad SMARTS) is 1. The second-order valence-electron chi connectivity index (χ2n) is 9.10.